The van der Waals surface area contributed by atoms with Crippen LogP contribution in [0, 0.1) is 11.8 Å². The molecule has 5 heteroatoms. The summed E-state index contributed by atoms with van der Waals surface area (Å²) in [5.41, 5.74) is 3.02. The molecule has 2 bridgehead atoms. The molecule has 0 radical (unpaired) electrons. The Hall–Kier alpha value is -1.33. The summed E-state index contributed by atoms with van der Waals surface area (Å²) in [6, 6.07) is 4.39. The summed E-state index contributed by atoms with van der Waals surface area (Å²) in [5.74, 6) is 3.15. The summed E-state index contributed by atoms with van der Waals surface area (Å²) in [6.07, 6.45) is 16.2. The van der Waals surface area contributed by atoms with Gasteiger partial charge in [0.05, 0.1) is 5.56 Å². The first kappa shape index (κ1) is 18.7. The molecule has 3 nitrogen and oxygen atoms in total. The molecule has 0 aliphatic heterocycles. The average Bonchev–Trinajstić information content (AvgIpc) is 3.37. The number of rotatable bonds is 3. The van der Waals surface area contributed by atoms with Gasteiger partial charge in [0, 0.05) is 22.4 Å². The lowest BCUT2D eigenvalue weighted by Gasteiger charge is -2.26. The van der Waals surface area contributed by atoms with Crippen LogP contribution in [0.25, 0.3) is 21.7 Å². The molecule has 3 fully saturated rings. The molecule has 148 valence electrons. The third-order valence-electron chi connectivity index (χ3n) is 6.77. The summed E-state index contributed by atoms with van der Waals surface area (Å²) >= 11 is 3.43. The molecule has 0 N–H and O–H groups in total. The van der Waals surface area contributed by atoms with Crippen LogP contribution in [0.5, 0.6) is 0 Å². The van der Waals surface area contributed by atoms with E-state index in [9.17, 15) is 0 Å². The zero-order valence-corrected chi connectivity index (χ0v) is 18.2. The highest BCUT2D eigenvalue weighted by atomic mass is 32.2. The zero-order chi connectivity index (χ0) is 18.9. The minimum Gasteiger partial charge on any atom is -0.440 e. The SMILES string of the molecule is CSc1cc(-c2nccs2)c2oc(C3CCCC4CCCC3CCC4)nc2c1. The van der Waals surface area contributed by atoms with Crippen LogP contribution in [-0.4, -0.2) is 16.2 Å². The van der Waals surface area contributed by atoms with Gasteiger partial charge in [0.1, 0.15) is 10.5 Å². The van der Waals surface area contributed by atoms with E-state index in [2.05, 4.69) is 23.4 Å². The number of hydrogen-bond donors (Lipinski definition) is 0. The Morgan fingerprint density at radius 1 is 1.04 bits per heavy atom. The van der Waals surface area contributed by atoms with E-state index in [-0.39, 0.29) is 0 Å². The van der Waals surface area contributed by atoms with Gasteiger partial charge in [-0.1, -0.05) is 38.5 Å². The van der Waals surface area contributed by atoms with E-state index < -0.39 is 0 Å². The van der Waals surface area contributed by atoms with Crippen molar-refractivity contribution in [2.24, 2.45) is 11.8 Å². The Balaban J connectivity index is 1.57. The molecular weight excluding hydrogens is 384 g/mol. The number of nitrogens with zero attached hydrogens (tertiary/aromatic N) is 2. The van der Waals surface area contributed by atoms with Crippen molar-refractivity contribution in [3.63, 3.8) is 0 Å². The van der Waals surface area contributed by atoms with Gasteiger partial charge in [-0.3, -0.25) is 0 Å². The quantitative estimate of drug-likeness (QED) is 0.417. The van der Waals surface area contributed by atoms with E-state index in [0.29, 0.717) is 5.92 Å². The normalized spacial score (nSPS) is 26.0. The van der Waals surface area contributed by atoms with Gasteiger partial charge < -0.3 is 4.42 Å². The van der Waals surface area contributed by atoms with Gasteiger partial charge >= 0.3 is 0 Å². The number of fused-ring (bicyclic) bond motifs is 8. The molecule has 2 heterocycles. The van der Waals surface area contributed by atoms with E-state index >= 15 is 0 Å². The van der Waals surface area contributed by atoms with Crippen LogP contribution in [0.2, 0.25) is 0 Å². The second-order valence-electron chi connectivity index (χ2n) is 8.44. The molecule has 0 amide bonds. The number of thiazole rings is 1. The number of benzene rings is 1. The molecule has 28 heavy (non-hydrogen) atoms. The first-order chi connectivity index (χ1) is 13.8. The van der Waals surface area contributed by atoms with Crippen LogP contribution >= 0.6 is 23.1 Å². The van der Waals surface area contributed by atoms with Crippen LogP contribution in [0.4, 0.5) is 0 Å². The third-order valence-corrected chi connectivity index (χ3v) is 8.28. The van der Waals surface area contributed by atoms with Crippen molar-refractivity contribution in [3.05, 3.63) is 29.6 Å². The predicted octanol–water partition coefficient (Wildman–Crippen LogP) is 7.53. The van der Waals surface area contributed by atoms with Crippen LogP contribution in [0.15, 0.2) is 33.0 Å². The van der Waals surface area contributed by atoms with E-state index in [1.165, 1.54) is 62.7 Å². The number of aromatic nitrogens is 2. The Labute approximate surface area is 175 Å². The van der Waals surface area contributed by atoms with Crippen molar-refractivity contribution in [3.8, 4) is 10.6 Å². The second-order valence-corrected chi connectivity index (χ2v) is 10.2. The lowest BCUT2D eigenvalue weighted by atomic mass is 9.80. The van der Waals surface area contributed by atoms with Gasteiger partial charge in [0.2, 0.25) is 0 Å². The standard InChI is InChI=1S/C23H28N2OS2/c1-27-17-13-19(23-24-11-12-28-23)21-20(14-17)25-22(26-21)18-10-4-7-15-5-2-8-16(18)9-3-6-15/h11-16,18H,2-10H2,1H3. The molecule has 6 rings (SSSR count). The van der Waals surface area contributed by atoms with E-state index in [4.69, 9.17) is 9.40 Å². The summed E-state index contributed by atoms with van der Waals surface area (Å²) in [4.78, 5) is 10.8. The Kier molecular flexibility index (Phi) is 5.47. The van der Waals surface area contributed by atoms with Crippen molar-refractivity contribution in [1.82, 2.24) is 9.97 Å². The number of oxazole rings is 1. The summed E-state index contributed by atoms with van der Waals surface area (Å²) in [5, 5.41) is 3.06. The average molecular weight is 413 g/mol. The maximum atomic E-state index is 6.54. The van der Waals surface area contributed by atoms with E-state index in [1.54, 1.807) is 23.1 Å². The number of hydrogen-bond acceptors (Lipinski definition) is 5. The first-order valence-electron chi connectivity index (χ1n) is 10.7. The first-order valence-corrected chi connectivity index (χ1v) is 12.8. The highest BCUT2D eigenvalue weighted by Crippen LogP contribution is 2.44. The topological polar surface area (TPSA) is 38.9 Å². The predicted molar refractivity (Wildman–Crippen MR) is 118 cm³/mol. The fourth-order valence-electron chi connectivity index (χ4n) is 5.32. The molecule has 3 aliphatic rings. The molecular formula is C23H28N2OS2. The molecule has 2 aromatic heterocycles. The maximum Gasteiger partial charge on any atom is 0.198 e. The fourth-order valence-corrected chi connectivity index (χ4v) is 6.44. The molecule has 1 unspecified atom stereocenters. The molecule has 0 saturated heterocycles. The highest BCUT2D eigenvalue weighted by molar-refractivity contribution is 7.98. The molecule has 1 aromatic carbocycles. The monoisotopic (exact) mass is 412 g/mol. The van der Waals surface area contributed by atoms with Crippen LogP contribution in [0.1, 0.15) is 69.6 Å². The Morgan fingerprint density at radius 2 is 1.82 bits per heavy atom. The molecule has 3 saturated carbocycles. The van der Waals surface area contributed by atoms with Gasteiger partial charge in [-0.25, -0.2) is 9.97 Å². The molecule has 0 spiro atoms. The summed E-state index contributed by atoms with van der Waals surface area (Å²) in [7, 11) is 0. The van der Waals surface area contributed by atoms with E-state index in [1.807, 2.05) is 11.6 Å². The van der Waals surface area contributed by atoms with Crippen molar-refractivity contribution < 1.29 is 4.42 Å². The number of thioether (sulfide) groups is 1. The molecule has 3 aromatic rings. The Morgan fingerprint density at radius 3 is 2.54 bits per heavy atom. The fraction of sp³-hybridized carbons (Fsp3) is 0.565. The molecule has 1 atom stereocenters. The Bertz CT molecular complexity index is 924. The van der Waals surface area contributed by atoms with Gasteiger partial charge in [0.25, 0.3) is 0 Å². The highest BCUT2D eigenvalue weighted by Gasteiger charge is 2.31. The van der Waals surface area contributed by atoms with Crippen molar-refractivity contribution in [2.45, 2.75) is 68.6 Å². The van der Waals surface area contributed by atoms with Gasteiger partial charge in [0.15, 0.2) is 11.5 Å². The molecule has 3 aliphatic carbocycles. The van der Waals surface area contributed by atoms with Crippen molar-refractivity contribution in [2.75, 3.05) is 6.26 Å². The largest absolute Gasteiger partial charge is 0.440 e. The minimum atomic E-state index is 0.478. The van der Waals surface area contributed by atoms with Crippen LogP contribution < -0.4 is 0 Å². The van der Waals surface area contributed by atoms with Crippen LogP contribution in [-0.2, 0) is 0 Å². The minimum absolute atomic E-state index is 0.478. The van der Waals surface area contributed by atoms with Gasteiger partial charge in [-0.05, 0) is 49.5 Å². The summed E-state index contributed by atoms with van der Waals surface area (Å²) in [6.45, 7) is 0. The lowest BCUT2D eigenvalue weighted by molar-refractivity contribution is 0.278. The van der Waals surface area contributed by atoms with Crippen LogP contribution in [0.3, 0.4) is 0 Å². The second kappa shape index (κ2) is 8.19. The van der Waals surface area contributed by atoms with Crippen molar-refractivity contribution in [1.29, 1.82) is 0 Å². The van der Waals surface area contributed by atoms with Gasteiger partial charge in [-0.15, -0.1) is 23.1 Å². The van der Waals surface area contributed by atoms with E-state index in [0.717, 1.165) is 39.4 Å². The third kappa shape index (κ3) is 3.63. The lowest BCUT2D eigenvalue weighted by Crippen LogP contribution is -2.15. The van der Waals surface area contributed by atoms with Gasteiger partial charge in [-0.2, -0.15) is 0 Å². The maximum absolute atomic E-state index is 6.54. The summed E-state index contributed by atoms with van der Waals surface area (Å²) < 4.78 is 6.54. The zero-order valence-electron chi connectivity index (χ0n) is 16.5. The smallest absolute Gasteiger partial charge is 0.198 e. The van der Waals surface area contributed by atoms with Crippen molar-refractivity contribution >= 4 is 34.2 Å².